The number of hydrogen-bond acceptors (Lipinski definition) is 9. The molecule has 0 aliphatic heterocycles. The SMILES string of the molecule is Brc1cccc(Nc2nc3nonc3nc2N/N=C\c2ccco2)c1. The lowest BCUT2D eigenvalue weighted by Crippen LogP contribution is -2.03. The van der Waals surface area contributed by atoms with Crippen LogP contribution in [-0.2, 0) is 0 Å². The molecule has 25 heavy (non-hydrogen) atoms. The van der Waals surface area contributed by atoms with Gasteiger partial charge in [-0.05, 0) is 40.6 Å². The van der Waals surface area contributed by atoms with Crippen LogP contribution < -0.4 is 10.7 Å². The van der Waals surface area contributed by atoms with E-state index in [0.29, 0.717) is 17.4 Å². The van der Waals surface area contributed by atoms with Crippen molar-refractivity contribution in [2.24, 2.45) is 5.10 Å². The molecule has 0 saturated carbocycles. The average molecular weight is 400 g/mol. The largest absolute Gasteiger partial charge is 0.463 e. The molecule has 0 fully saturated rings. The van der Waals surface area contributed by atoms with E-state index in [1.165, 1.54) is 6.21 Å². The van der Waals surface area contributed by atoms with Gasteiger partial charge in [-0.15, -0.1) is 0 Å². The minimum atomic E-state index is 0.274. The number of hydrazone groups is 1. The fourth-order valence-corrected chi connectivity index (χ4v) is 2.43. The molecule has 4 aromatic rings. The highest BCUT2D eigenvalue weighted by Gasteiger charge is 2.12. The molecule has 4 rings (SSSR count). The van der Waals surface area contributed by atoms with Gasteiger partial charge in [0.25, 0.3) is 0 Å². The number of rotatable bonds is 5. The third-order valence-corrected chi connectivity index (χ3v) is 3.60. The molecule has 3 aromatic heterocycles. The van der Waals surface area contributed by atoms with Crippen molar-refractivity contribution in [2.45, 2.75) is 0 Å². The molecule has 0 bridgehead atoms. The Bertz CT molecular complexity index is 1030. The first-order valence-electron chi connectivity index (χ1n) is 7.13. The van der Waals surface area contributed by atoms with Crippen LogP contribution in [-0.4, -0.2) is 26.5 Å². The summed E-state index contributed by atoms with van der Waals surface area (Å²) in [7, 11) is 0. The Morgan fingerprint density at radius 3 is 2.64 bits per heavy atom. The topological polar surface area (TPSA) is 114 Å². The van der Waals surface area contributed by atoms with E-state index in [0.717, 1.165) is 10.2 Å². The quantitative estimate of drug-likeness (QED) is 0.386. The van der Waals surface area contributed by atoms with Crippen LogP contribution in [0.5, 0.6) is 0 Å². The summed E-state index contributed by atoms with van der Waals surface area (Å²) in [5.41, 5.74) is 4.20. The van der Waals surface area contributed by atoms with Gasteiger partial charge in [-0.1, -0.05) is 22.0 Å². The van der Waals surface area contributed by atoms with Gasteiger partial charge in [-0.2, -0.15) is 10.1 Å². The second kappa shape index (κ2) is 6.69. The Hall–Kier alpha value is -3.27. The van der Waals surface area contributed by atoms with Crippen LogP contribution in [0.2, 0.25) is 0 Å². The summed E-state index contributed by atoms with van der Waals surface area (Å²) >= 11 is 3.43. The molecule has 0 spiro atoms. The molecule has 9 nitrogen and oxygen atoms in total. The van der Waals surface area contributed by atoms with E-state index in [4.69, 9.17) is 4.42 Å². The number of furan rings is 1. The van der Waals surface area contributed by atoms with Crippen molar-refractivity contribution in [1.29, 1.82) is 0 Å². The van der Waals surface area contributed by atoms with Gasteiger partial charge < -0.3 is 9.73 Å². The molecule has 2 N–H and O–H groups in total. The number of hydrogen-bond donors (Lipinski definition) is 2. The van der Waals surface area contributed by atoms with E-state index >= 15 is 0 Å². The van der Waals surface area contributed by atoms with Crippen LogP contribution >= 0.6 is 15.9 Å². The van der Waals surface area contributed by atoms with Crippen LogP contribution in [0, 0.1) is 0 Å². The van der Waals surface area contributed by atoms with Crippen LogP contribution in [0.3, 0.4) is 0 Å². The summed E-state index contributed by atoms with van der Waals surface area (Å²) < 4.78 is 10.8. The molecule has 0 atom stereocenters. The number of halogens is 1. The van der Waals surface area contributed by atoms with Gasteiger partial charge in [-0.3, -0.25) is 5.43 Å². The summed E-state index contributed by atoms with van der Waals surface area (Å²) in [6, 6.07) is 11.2. The first-order chi connectivity index (χ1) is 12.3. The van der Waals surface area contributed by atoms with Crippen molar-refractivity contribution in [3.05, 3.63) is 52.9 Å². The van der Waals surface area contributed by atoms with Gasteiger partial charge in [0.05, 0.1) is 12.5 Å². The van der Waals surface area contributed by atoms with E-state index in [9.17, 15) is 0 Å². The van der Waals surface area contributed by atoms with E-state index in [1.807, 2.05) is 24.3 Å². The average Bonchev–Trinajstić information content (AvgIpc) is 3.26. The number of nitrogens with one attached hydrogen (secondary N) is 2. The third kappa shape index (κ3) is 3.48. The molecule has 10 heteroatoms. The molecular formula is C15H10BrN7O2. The first-order valence-corrected chi connectivity index (χ1v) is 7.93. The number of nitrogens with zero attached hydrogens (tertiary/aromatic N) is 5. The minimum absolute atomic E-state index is 0.274. The number of benzene rings is 1. The van der Waals surface area contributed by atoms with Crippen LogP contribution in [0.15, 0.2) is 61.3 Å². The van der Waals surface area contributed by atoms with Crippen molar-refractivity contribution in [3.63, 3.8) is 0 Å². The highest BCUT2D eigenvalue weighted by atomic mass is 79.9. The predicted octanol–water partition coefficient (Wildman–Crippen LogP) is 3.56. The zero-order valence-electron chi connectivity index (χ0n) is 12.5. The Labute approximate surface area is 149 Å². The van der Waals surface area contributed by atoms with Crippen molar-refractivity contribution in [2.75, 3.05) is 10.7 Å². The van der Waals surface area contributed by atoms with Crippen molar-refractivity contribution in [3.8, 4) is 0 Å². The molecule has 124 valence electrons. The summed E-state index contributed by atoms with van der Waals surface area (Å²) in [5, 5.41) is 14.7. The van der Waals surface area contributed by atoms with E-state index in [1.54, 1.807) is 18.4 Å². The molecule has 0 aliphatic carbocycles. The van der Waals surface area contributed by atoms with Crippen molar-refractivity contribution in [1.82, 2.24) is 20.3 Å². The summed E-state index contributed by atoms with van der Waals surface area (Å²) in [6.07, 6.45) is 3.09. The normalized spacial score (nSPS) is 11.2. The van der Waals surface area contributed by atoms with Crippen molar-refractivity contribution >= 4 is 50.8 Å². The molecule has 3 heterocycles. The maximum atomic E-state index is 5.18. The minimum Gasteiger partial charge on any atom is -0.463 e. The van der Waals surface area contributed by atoms with Gasteiger partial charge in [0, 0.05) is 10.2 Å². The zero-order chi connectivity index (χ0) is 17.1. The predicted molar refractivity (Wildman–Crippen MR) is 94.7 cm³/mol. The molecule has 0 amide bonds. The number of fused-ring (bicyclic) bond motifs is 1. The standard InChI is InChI=1S/C15H10BrN7O2/c16-9-3-1-4-10(7-9)18-12-13(20-15-14(19-12)22-25-23-15)21-17-8-11-5-2-6-24-11/h1-8H,(H,18,19,22)(H,20,21,23)/b17-8-. The highest BCUT2D eigenvalue weighted by molar-refractivity contribution is 9.10. The van der Waals surface area contributed by atoms with Gasteiger partial charge in [-0.25, -0.2) is 9.61 Å². The second-order valence-electron chi connectivity index (χ2n) is 4.85. The lowest BCUT2D eigenvalue weighted by Gasteiger charge is -2.09. The summed E-state index contributed by atoms with van der Waals surface area (Å²) in [4.78, 5) is 8.67. The Morgan fingerprint density at radius 2 is 1.88 bits per heavy atom. The van der Waals surface area contributed by atoms with E-state index in [-0.39, 0.29) is 11.3 Å². The maximum Gasteiger partial charge on any atom is 0.245 e. The Kier molecular flexibility index (Phi) is 4.09. The molecule has 0 saturated heterocycles. The smallest absolute Gasteiger partial charge is 0.245 e. The van der Waals surface area contributed by atoms with Gasteiger partial charge in [0.2, 0.25) is 11.3 Å². The maximum absolute atomic E-state index is 5.18. The summed E-state index contributed by atoms with van der Waals surface area (Å²) in [5.74, 6) is 1.40. The number of anilines is 3. The van der Waals surface area contributed by atoms with Gasteiger partial charge >= 0.3 is 0 Å². The van der Waals surface area contributed by atoms with E-state index < -0.39 is 0 Å². The van der Waals surface area contributed by atoms with Crippen LogP contribution in [0.4, 0.5) is 17.3 Å². The zero-order valence-corrected chi connectivity index (χ0v) is 14.1. The monoisotopic (exact) mass is 399 g/mol. The van der Waals surface area contributed by atoms with Gasteiger partial charge in [0.15, 0.2) is 11.6 Å². The molecule has 1 aromatic carbocycles. The Morgan fingerprint density at radius 1 is 1.04 bits per heavy atom. The fraction of sp³-hybridized carbons (Fsp3) is 0. The van der Waals surface area contributed by atoms with E-state index in [2.05, 4.69) is 56.7 Å². The lowest BCUT2D eigenvalue weighted by molar-refractivity contribution is 0.314. The third-order valence-electron chi connectivity index (χ3n) is 3.11. The summed E-state index contributed by atoms with van der Waals surface area (Å²) in [6.45, 7) is 0. The van der Waals surface area contributed by atoms with Crippen molar-refractivity contribution < 1.29 is 9.05 Å². The first kappa shape index (κ1) is 15.3. The fourth-order valence-electron chi connectivity index (χ4n) is 2.03. The molecule has 0 aliphatic rings. The Balaban J connectivity index is 1.65. The number of aromatic nitrogens is 4. The van der Waals surface area contributed by atoms with Crippen LogP contribution in [0.25, 0.3) is 11.3 Å². The van der Waals surface area contributed by atoms with Crippen LogP contribution in [0.1, 0.15) is 5.76 Å². The molecular weight excluding hydrogens is 390 g/mol. The highest BCUT2D eigenvalue weighted by Crippen LogP contribution is 2.25. The lowest BCUT2D eigenvalue weighted by atomic mass is 10.3. The second-order valence-corrected chi connectivity index (χ2v) is 5.77. The molecule has 0 radical (unpaired) electrons. The van der Waals surface area contributed by atoms with Gasteiger partial charge in [0.1, 0.15) is 5.76 Å². The molecule has 0 unspecified atom stereocenters.